The van der Waals surface area contributed by atoms with Gasteiger partial charge in [-0.3, -0.25) is 9.69 Å². The molecule has 2 aromatic rings. The number of aliphatic hydroxyl groups is 1. The molecule has 3 aliphatic heterocycles. The topological polar surface area (TPSA) is 85.8 Å². The molecule has 1 aliphatic carbocycles. The lowest BCUT2D eigenvalue weighted by Gasteiger charge is -2.57. The molecular weight excluding hydrogens is 344 g/mol. The van der Waals surface area contributed by atoms with Crippen molar-refractivity contribution in [2.75, 3.05) is 26.8 Å². The Bertz CT molecular complexity index is 907. The lowest BCUT2D eigenvalue weighted by atomic mass is 9.56. The van der Waals surface area contributed by atoms with Crippen LogP contribution in [0.15, 0.2) is 18.2 Å². The summed E-state index contributed by atoms with van der Waals surface area (Å²) in [5.74, 6) is 0.774. The van der Waals surface area contributed by atoms with Gasteiger partial charge in [-0.2, -0.15) is 0 Å². The summed E-state index contributed by atoms with van der Waals surface area (Å²) in [6.45, 7) is 2.04. The fraction of sp³-hybridized carbons (Fsp3) is 0.571. The van der Waals surface area contributed by atoms with Crippen LogP contribution in [-0.2, 0) is 21.4 Å². The van der Waals surface area contributed by atoms with Gasteiger partial charge < -0.3 is 19.9 Å². The molecule has 4 heterocycles. The number of methoxy groups -OCH3 is 1. The first kappa shape index (κ1) is 17.1. The number of phenolic OH excluding ortho intramolecular Hbond substituents is 1. The smallest absolute Gasteiger partial charge is 0.319 e. The average molecular weight is 370 g/mol. The number of fused-ring (bicyclic) bond motifs is 4. The summed E-state index contributed by atoms with van der Waals surface area (Å²) >= 11 is 0. The number of nitrogens with one attached hydrogen (secondary N) is 1. The maximum atomic E-state index is 13.3. The molecule has 3 N–H and O–H groups in total. The molecule has 0 amide bonds. The van der Waals surface area contributed by atoms with Gasteiger partial charge in [-0.1, -0.05) is 0 Å². The molecule has 144 valence electrons. The van der Waals surface area contributed by atoms with Crippen molar-refractivity contribution in [3.63, 3.8) is 0 Å². The van der Waals surface area contributed by atoms with Gasteiger partial charge in [0, 0.05) is 42.3 Å². The maximum Gasteiger partial charge on any atom is 0.319 e. The van der Waals surface area contributed by atoms with Crippen LogP contribution in [0.1, 0.15) is 30.5 Å². The van der Waals surface area contributed by atoms with Crippen LogP contribution in [0.4, 0.5) is 0 Å². The Kier molecular flexibility index (Phi) is 3.78. The maximum absolute atomic E-state index is 13.3. The molecule has 0 spiro atoms. The van der Waals surface area contributed by atoms with Gasteiger partial charge in [0.15, 0.2) is 0 Å². The SMILES string of the molecule is COC(=O)C12CC3CC(CCO)C1N(CCc1c2[nH]c2ccc(O)cc12)C3. The van der Waals surface area contributed by atoms with E-state index in [1.807, 2.05) is 6.07 Å². The number of piperidine rings is 2. The number of phenols is 1. The highest BCUT2D eigenvalue weighted by molar-refractivity contribution is 5.92. The Morgan fingerprint density at radius 3 is 3.07 bits per heavy atom. The van der Waals surface area contributed by atoms with Gasteiger partial charge in [-0.25, -0.2) is 0 Å². The number of aliphatic hydroxyl groups excluding tert-OH is 1. The van der Waals surface area contributed by atoms with Crippen molar-refractivity contribution >= 4 is 16.9 Å². The summed E-state index contributed by atoms with van der Waals surface area (Å²) in [5.41, 5.74) is 2.32. The molecule has 6 heteroatoms. The van der Waals surface area contributed by atoms with E-state index in [2.05, 4.69) is 9.88 Å². The molecule has 1 saturated carbocycles. The Labute approximate surface area is 158 Å². The van der Waals surface area contributed by atoms with E-state index in [0.29, 0.717) is 12.3 Å². The minimum atomic E-state index is -0.726. The molecule has 4 bridgehead atoms. The lowest BCUT2D eigenvalue weighted by Crippen LogP contribution is -2.67. The minimum absolute atomic E-state index is 0.0463. The molecule has 5 unspecified atom stereocenters. The Hall–Kier alpha value is -2.05. The van der Waals surface area contributed by atoms with Crippen LogP contribution in [0.2, 0.25) is 0 Å². The van der Waals surface area contributed by atoms with E-state index in [4.69, 9.17) is 4.74 Å². The van der Waals surface area contributed by atoms with Gasteiger partial charge in [0.05, 0.1) is 7.11 Å². The number of hydrogen-bond donors (Lipinski definition) is 3. The first-order valence-electron chi connectivity index (χ1n) is 9.86. The zero-order chi connectivity index (χ0) is 18.8. The predicted molar refractivity (Wildman–Crippen MR) is 101 cm³/mol. The molecule has 0 radical (unpaired) electrons. The zero-order valence-electron chi connectivity index (χ0n) is 15.6. The van der Waals surface area contributed by atoms with Crippen LogP contribution in [0.3, 0.4) is 0 Å². The van der Waals surface area contributed by atoms with E-state index >= 15 is 0 Å². The number of rotatable bonds is 3. The number of hydrogen-bond acceptors (Lipinski definition) is 5. The van der Waals surface area contributed by atoms with E-state index in [9.17, 15) is 15.0 Å². The van der Waals surface area contributed by atoms with Crippen LogP contribution >= 0.6 is 0 Å². The number of esters is 1. The monoisotopic (exact) mass is 370 g/mol. The predicted octanol–water partition coefficient (Wildman–Crippen LogP) is 1.93. The summed E-state index contributed by atoms with van der Waals surface area (Å²) in [4.78, 5) is 19.3. The number of aromatic nitrogens is 1. The zero-order valence-corrected chi connectivity index (χ0v) is 15.6. The number of carbonyl (C=O) groups is 1. The largest absolute Gasteiger partial charge is 0.508 e. The number of ether oxygens (including phenoxy) is 1. The van der Waals surface area contributed by atoms with E-state index in [-0.39, 0.29) is 30.3 Å². The average Bonchev–Trinajstić information content (AvgIpc) is 2.99. The first-order valence-corrected chi connectivity index (χ1v) is 9.86. The number of aromatic hydroxyl groups is 1. The number of aromatic amines is 1. The highest BCUT2D eigenvalue weighted by Crippen LogP contribution is 2.55. The van der Waals surface area contributed by atoms with Crippen LogP contribution < -0.4 is 0 Å². The standard InChI is InChI=1S/C21H26N2O4/c1-27-20(26)21-10-12-8-13(5-7-24)19(21)23(11-12)6-4-15-16-9-14(25)2-3-17(16)22-18(15)21/h2-3,9,12-13,19,22,24-25H,4-8,10-11H2,1H3. The van der Waals surface area contributed by atoms with Crippen LogP contribution in [-0.4, -0.2) is 58.9 Å². The molecule has 6 rings (SSSR count). The third-order valence-corrected chi connectivity index (χ3v) is 7.12. The normalized spacial score (nSPS) is 34.3. The molecular formula is C21H26N2O4. The fourth-order valence-corrected chi connectivity index (χ4v) is 6.35. The van der Waals surface area contributed by atoms with Gasteiger partial charge in [-0.05, 0) is 61.3 Å². The second-order valence-electron chi connectivity index (χ2n) is 8.44. The molecule has 6 nitrogen and oxygen atoms in total. The van der Waals surface area contributed by atoms with Gasteiger partial charge in [0.25, 0.3) is 0 Å². The van der Waals surface area contributed by atoms with Gasteiger partial charge in [0.2, 0.25) is 0 Å². The van der Waals surface area contributed by atoms with E-state index < -0.39 is 5.41 Å². The highest BCUT2D eigenvalue weighted by atomic mass is 16.5. The number of benzene rings is 1. The number of nitrogens with zero attached hydrogens (tertiary/aromatic N) is 1. The van der Waals surface area contributed by atoms with Crippen molar-refractivity contribution in [1.29, 1.82) is 0 Å². The summed E-state index contributed by atoms with van der Waals surface area (Å²) in [6, 6.07) is 5.40. The molecule has 3 fully saturated rings. The second-order valence-corrected chi connectivity index (χ2v) is 8.44. The van der Waals surface area contributed by atoms with Crippen molar-refractivity contribution in [2.45, 2.75) is 37.1 Å². The van der Waals surface area contributed by atoms with Crippen LogP contribution in [0.5, 0.6) is 5.75 Å². The summed E-state index contributed by atoms with van der Waals surface area (Å²) < 4.78 is 5.38. The Balaban J connectivity index is 1.77. The van der Waals surface area contributed by atoms with E-state index in [1.165, 1.54) is 7.11 Å². The second kappa shape index (κ2) is 5.97. The lowest BCUT2D eigenvalue weighted by molar-refractivity contribution is -0.162. The number of carbonyl (C=O) groups excluding carboxylic acids is 1. The van der Waals surface area contributed by atoms with Crippen LogP contribution in [0, 0.1) is 11.8 Å². The van der Waals surface area contributed by atoms with Crippen molar-refractivity contribution < 1.29 is 19.7 Å². The van der Waals surface area contributed by atoms with E-state index in [0.717, 1.165) is 54.5 Å². The Morgan fingerprint density at radius 2 is 2.30 bits per heavy atom. The molecule has 1 aromatic carbocycles. The Morgan fingerprint density at radius 1 is 1.44 bits per heavy atom. The van der Waals surface area contributed by atoms with Crippen molar-refractivity contribution in [2.24, 2.45) is 11.8 Å². The van der Waals surface area contributed by atoms with Crippen molar-refractivity contribution in [3.05, 3.63) is 29.5 Å². The highest BCUT2D eigenvalue weighted by Gasteiger charge is 2.62. The third-order valence-electron chi connectivity index (χ3n) is 7.12. The molecule has 1 aromatic heterocycles. The van der Waals surface area contributed by atoms with Gasteiger partial charge in [-0.15, -0.1) is 0 Å². The van der Waals surface area contributed by atoms with Crippen LogP contribution in [0.25, 0.3) is 10.9 Å². The summed E-state index contributed by atoms with van der Waals surface area (Å²) in [6.07, 6.45) is 3.41. The fourth-order valence-electron chi connectivity index (χ4n) is 6.35. The van der Waals surface area contributed by atoms with Crippen molar-refractivity contribution in [1.82, 2.24) is 9.88 Å². The van der Waals surface area contributed by atoms with Gasteiger partial charge in [0.1, 0.15) is 11.2 Å². The van der Waals surface area contributed by atoms with Crippen molar-refractivity contribution in [3.8, 4) is 5.75 Å². The molecule has 5 atom stereocenters. The quantitative estimate of drug-likeness (QED) is 0.719. The minimum Gasteiger partial charge on any atom is -0.508 e. The summed E-state index contributed by atoms with van der Waals surface area (Å²) in [5, 5.41) is 20.6. The first-order chi connectivity index (χ1) is 13.1. The molecule has 2 saturated heterocycles. The molecule has 4 aliphatic rings. The third kappa shape index (κ3) is 2.23. The molecule has 27 heavy (non-hydrogen) atoms. The number of H-pyrrole nitrogens is 1. The van der Waals surface area contributed by atoms with E-state index in [1.54, 1.807) is 12.1 Å². The van der Waals surface area contributed by atoms with Gasteiger partial charge >= 0.3 is 5.97 Å². The summed E-state index contributed by atoms with van der Waals surface area (Å²) in [7, 11) is 1.48.